The molecule has 2 aromatic carbocycles. The molecular weight excluding hydrogens is 361 g/mol. The highest BCUT2D eigenvalue weighted by Crippen LogP contribution is 2.25. The number of amides is 1. The molecule has 1 aliphatic rings. The van der Waals surface area contributed by atoms with Crippen molar-refractivity contribution in [3.8, 4) is 10.6 Å². The van der Waals surface area contributed by atoms with E-state index in [1.807, 2.05) is 4.90 Å². The van der Waals surface area contributed by atoms with Gasteiger partial charge in [0.1, 0.15) is 16.5 Å². The summed E-state index contributed by atoms with van der Waals surface area (Å²) in [5.41, 5.74) is 3.73. The number of carbonyl (C=O) groups excluding carboxylic acids is 1. The first-order valence-corrected chi connectivity index (χ1v) is 9.80. The predicted octanol–water partition coefficient (Wildman–Crippen LogP) is 4.22. The molecule has 4 rings (SSSR count). The van der Waals surface area contributed by atoms with Crippen LogP contribution < -0.4 is 4.90 Å². The van der Waals surface area contributed by atoms with E-state index in [4.69, 9.17) is 0 Å². The highest BCUT2D eigenvalue weighted by Gasteiger charge is 2.24. The number of rotatable bonds is 3. The van der Waals surface area contributed by atoms with Crippen LogP contribution in [0, 0.1) is 12.7 Å². The average Bonchev–Trinajstić information content (AvgIpc) is 3.18. The smallest absolute Gasteiger partial charge is 0.273 e. The van der Waals surface area contributed by atoms with Crippen molar-refractivity contribution in [3.63, 3.8) is 0 Å². The van der Waals surface area contributed by atoms with Crippen LogP contribution in [-0.4, -0.2) is 42.0 Å². The highest BCUT2D eigenvalue weighted by atomic mass is 32.1. The third-order valence-electron chi connectivity index (χ3n) is 4.75. The molecule has 0 radical (unpaired) electrons. The molecule has 138 valence electrons. The van der Waals surface area contributed by atoms with Gasteiger partial charge in [-0.05, 0) is 48.9 Å². The Kier molecular flexibility index (Phi) is 4.90. The zero-order chi connectivity index (χ0) is 18.8. The van der Waals surface area contributed by atoms with Gasteiger partial charge in [-0.25, -0.2) is 9.37 Å². The van der Waals surface area contributed by atoms with Crippen LogP contribution in [0.1, 0.15) is 16.1 Å². The molecular formula is C21H20FN3OS. The highest BCUT2D eigenvalue weighted by molar-refractivity contribution is 7.13. The van der Waals surface area contributed by atoms with E-state index in [9.17, 15) is 9.18 Å². The molecule has 4 nitrogen and oxygen atoms in total. The van der Waals surface area contributed by atoms with Crippen LogP contribution in [0.3, 0.4) is 0 Å². The Labute approximate surface area is 161 Å². The summed E-state index contributed by atoms with van der Waals surface area (Å²) in [6, 6.07) is 14.6. The number of hydrogen-bond donors (Lipinski definition) is 0. The van der Waals surface area contributed by atoms with Crippen LogP contribution in [0.25, 0.3) is 10.6 Å². The molecule has 1 aromatic heterocycles. The van der Waals surface area contributed by atoms with Gasteiger partial charge < -0.3 is 9.80 Å². The Balaban J connectivity index is 1.42. The summed E-state index contributed by atoms with van der Waals surface area (Å²) >= 11 is 1.41. The Hall–Kier alpha value is -2.73. The number of thiazole rings is 1. The number of piperazine rings is 1. The predicted molar refractivity (Wildman–Crippen MR) is 107 cm³/mol. The van der Waals surface area contributed by atoms with Crippen LogP contribution in [0.4, 0.5) is 10.1 Å². The van der Waals surface area contributed by atoms with E-state index in [-0.39, 0.29) is 11.7 Å². The lowest BCUT2D eigenvalue weighted by molar-refractivity contribution is 0.0742. The van der Waals surface area contributed by atoms with Crippen LogP contribution in [0.2, 0.25) is 0 Å². The Morgan fingerprint density at radius 2 is 1.81 bits per heavy atom. The molecule has 0 saturated carbocycles. The van der Waals surface area contributed by atoms with Crippen molar-refractivity contribution in [2.75, 3.05) is 31.1 Å². The molecule has 27 heavy (non-hydrogen) atoms. The standard InChI is InChI=1S/C21H20FN3OS/c1-15-3-2-4-18(13-15)24-9-11-25(12-10-24)21(26)19-14-27-20(23-19)16-5-7-17(22)8-6-16/h2-8,13-14H,9-12H2,1H3. The molecule has 0 spiro atoms. The number of carbonyl (C=O) groups is 1. The van der Waals surface area contributed by atoms with Crippen LogP contribution >= 0.6 is 11.3 Å². The van der Waals surface area contributed by atoms with E-state index in [2.05, 4.69) is 41.1 Å². The van der Waals surface area contributed by atoms with E-state index in [0.29, 0.717) is 18.8 Å². The van der Waals surface area contributed by atoms with Gasteiger partial charge in [0.2, 0.25) is 0 Å². The van der Waals surface area contributed by atoms with E-state index in [0.717, 1.165) is 23.7 Å². The summed E-state index contributed by atoms with van der Waals surface area (Å²) < 4.78 is 13.1. The zero-order valence-electron chi connectivity index (χ0n) is 15.1. The summed E-state index contributed by atoms with van der Waals surface area (Å²) in [4.78, 5) is 21.4. The fourth-order valence-electron chi connectivity index (χ4n) is 3.25. The minimum atomic E-state index is -0.280. The van der Waals surface area contributed by atoms with Gasteiger partial charge in [-0.2, -0.15) is 0 Å². The molecule has 6 heteroatoms. The summed E-state index contributed by atoms with van der Waals surface area (Å²) in [7, 11) is 0. The maximum absolute atomic E-state index is 13.1. The van der Waals surface area contributed by atoms with Crippen LogP contribution in [-0.2, 0) is 0 Å². The molecule has 1 saturated heterocycles. The molecule has 1 amide bonds. The lowest BCUT2D eigenvalue weighted by atomic mass is 10.2. The van der Waals surface area contributed by atoms with Crippen molar-refractivity contribution >= 4 is 22.9 Å². The third kappa shape index (κ3) is 3.85. The van der Waals surface area contributed by atoms with Crippen molar-refractivity contribution in [2.45, 2.75) is 6.92 Å². The van der Waals surface area contributed by atoms with Gasteiger partial charge in [0.05, 0.1) is 0 Å². The van der Waals surface area contributed by atoms with E-state index in [1.165, 1.54) is 34.7 Å². The molecule has 3 aromatic rings. The molecule has 0 N–H and O–H groups in total. The van der Waals surface area contributed by atoms with Gasteiger partial charge in [-0.15, -0.1) is 11.3 Å². The van der Waals surface area contributed by atoms with Gasteiger partial charge in [0, 0.05) is 42.8 Å². The summed E-state index contributed by atoms with van der Waals surface area (Å²) in [5.74, 6) is -0.318. The first kappa shape index (κ1) is 17.7. The molecule has 0 aliphatic carbocycles. The van der Waals surface area contributed by atoms with Crippen LogP contribution in [0.15, 0.2) is 53.9 Å². The first-order valence-electron chi connectivity index (χ1n) is 8.92. The largest absolute Gasteiger partial charge is 0.368 e. The van der Waals surface area contributed by atoms with E-state index in [1.54, 1.807) is 17.5 Å². The normalized spacial score (nSPS) is 14.4. The first-order chi connectivity index (χ1) is 13.1. The summed E-state index contributed by atoms with van der Waals surface area (Å²) in [6.45, 7) is 5.06. The topological polar surface area (TPSA) is 36.4 Å². The van der Waals surface area contributed by atoms with Crippen molar-refractivity contribution in [1.29, 1.82) is 0 Å². The molecule has 2 heterocycles. The number of benzene rings is 2. The fraction of sp³-hybridized carbons (Fsp3) is 0.238. The molecule has 0 atom stereocenters. The lowest BCUT2D eigenvalue weighted by Crippen LogP contribution is -2.48. The molecule has 1 fully saturated rings. The Morgan fingerprint density at radius 1 is 1.07 bits per heavy atom. The van der Waals surface area contributed by atoms with Gasteiger partial charge >= 0.3 is 0 Å². The number of anilines is 1. The van der Waals surface area contributed by atoms with E-state index < -0.39 is 0 Å². The van der Waals surface area contributed by atoms with Crippen molar-refractivity contribution < 1.29 is 9.18 Å². The SMILES string of the molecule is Cc1cccc(N2CCN(C(=O)c3csc(-c4ccc(F)cc4)n3)CC2)c1. The second kappa shape index (κ2) is 7.48. The number of halogens is 1. The molecule has 0 bridgehead atoms. The van der Waals surface area contributed by atoms with Crippen molar-refractivity contribution in [2.24, 2.45) is 0 Å². The van der Waals surface area contributed by atoms with E-state index >= 15 is 0 Å². The fourth-order valence-corrected chi connectivity index (χ4v) is 4.05. The number of hydrogen-bond acceptors (Lipinski definition) is 4. The Bertz CT molecular complexity index is 946. The maximum atomic E-state index is 13.1. The average molecular weight is 381 g/mol. The van der Waals surface area contributed by atoms with Crippen molar-refractivity contribution in [1.82, 2.24) is 9.88 Å². The van der Waals surface area contributed by atoms with Gasteiger partial charge in [-0.1, -0.05) is 12.1 Å². The minimum absolute atomic E-state index is 0.0384. The van der Waals surface area contributed by atoms with Gasteiger partial charge in [0.25, 0.3) is 5.91 Å². The maximum Gasteiger partial charge on any atom is 0.273 e. The second-order valence-corrected chi connectivity index (χ2v) is 7.52. The minimum Gasteiger partial charge on any atom is -0.368 e. The number of aryl methyl sites for hydroxylation is 1. The number of aromatic nitrogens is 1. The summed E-state index contributed by atoms with van der Waals surface area (Å²) in [5, 5.41) is 2.52. The number of nitrogens with zero attached hydrogens (tertiary/aromatic N) is 3. The Morgan fingerprint density at radius 3 is 2.52 bits per heavy atom. The van der Waals surface area contributed by atoms with Crippen molar-refractivity contribution in [3.05, 3.63) is 71.0 Å². The van der Waals surface area contributed by atoms with Gasteiger partial charge in [0.15, 0.2) is 0 Å². The molecule has 0 unspecified atom stereocenters. The lowest BCUT2D eigenvalue weighted by Gasteiger charge is -2.36. The van der Waals surface area contributed by atoms with Crippen LogP contribution in [0.5, 0.6) is 0 Å². The quantitative estimate of drug-likeness (QED) is 0.682. The molecule has 1 aliphatic heterocycles. The monoisotopic (exact) mass is 381 g/mol. The summed E-state index contributed by atoms with van der Waals surface area (Å²) in [6.07, 6.45) is 0. The zero-order valence-corrected chi connectivity index (χ0v) is 15.9. The van der Waals surface area contributed by atoms with Gasteiger partial charge in [-0.3, -0.25) is 4.79 Å². The third-order valence-corrected chi connectivity index (χ3v) is 5.64. The second-order valence-electron chi connectivity index (χ2n) is 6.66.